The third kappa shape index (κ3) is 2.67. The molecular weight excluding hydrogens is 238 g/mol. The van der Waals surface area contributed by atoms with E-state index in [4.69, 9.17) is 0 Å². The van der Waals surface area contributed by atoms with Crippen LogP contribution in [0, 0.1) is 11.6 Å². The van der Waals surface area contributed by atoms with Gasteiger partial charge < -0.3 is 10.2 Å². The monoisotopic (exact) mass is 254 g/mol. The highest BCUT2D eigenvalue weighted by molar-refractivity contribution is 5.49. The molecule has 0 spiro atoms. The lowest BCUT2D eigenvalue weighted by atomic mass is 9.92. The lowest BCUT2D eigenvalue weighted by molar-refractivity contribution is -0.121. The molecule has 1 aliphatic rings. The number of likely N-dealkylation sites (tertiary alicyclic amines) is 1. The van der Waals surface area contributed by atoms with Gasteiger partial charge >= 0.3 is 0 Å². The van der Waals surface area contributed by atoms with Crippen molar-refractivity contribution >= 4 is 6.41 Å². The van der Waals surface area contributed by atoms with E-state index in [9.17, 15) is 13.6 Å². The second kappa shape index (κ2) is 5.44. The average Bonchev–Trinajstić information content (AvgIpc) is 2.36. The zero-order valence-corrected chi connectivity index (χ0v) is 10.2. The Kier molecular flexibility index (Phi) is 3.91. The second-order valence-corrected chi connectivity index (χ2v) is 4.57. The molecule has 3 nitrogen and oxygen atoms in total. The van der Waals surface area contributed by atoms with Crippen molar-refractivity contribution in [1.29, 1.82) is 0 Å². The summed E-state index contributed by atoms with van der Waals surface area (Å²) in [4.78, 5) is 12.6. The van der Waals surface area contributed by atoms with E-state index >= 15 is 0 Å². The number of nitrogens with one attached hydrogen (secondary N) is 1. The Hall–Kier alpha value is -1.49. The molecule has 0 radical (unpaired) electrons. The molecule has 1 heterocycles. The Morgan fingerprint density at radius 1 is 1.33 bits per heavy atom. The molecule has 5 heteroatoms. The number of carbonyl (C=O) groups excluding carboxylic acids is 1. The molecule has 1 aliphatic heterocycles. The maximum absolute atomic E-state index is 13.2. The van der Waals surface area contributed by atoms with Gasteiger partial charge in [0.2, 0.25) is 6.41 Å². The minimum Gasteiger partial charge on any atom is -0.338 e. The van der Waals surface area contributed by atoms with Crippen LogP contribution in [0.5, 0.6) is 0 Å². The maximum Gasteiger partial charge on any atom is 0.210 e. The molecule has 0 saturated carbocycles. The van der Waals surface area contributed by atoms with Crippen LogP contribution in [0.3, 0.4) is 0 Å². The Morgan fingerprint density at radius 2 is 2.00 bits per heavy atom. The topological polar surface area (TPSA) is 32.3 Å². The van der Waals surface area contributed by atoms with E-state index in [1.165, 1.54) is 12.1 Å². The molecule has 1 saturated heterocycles. The molecule has 0 aliphatic carbocycles. The molecule has 2 atom stereocenters. The van der Waals surface area contributed by atoms with E-state index in [0.29, 0.717) is 18.5 Å². The van der Waals surface area contributed by atoms with Gasteiger partial charge in [0.1, 0.15) is 11.6 Å². The third-order valence-corrected chi connectivity index (χ3v) is 3.46. The van der Waals surface area contributed by atoms with E-state index < -0.39 is 11.6 Å². The summed E-state index contributed by atoms with van der Waals surface area (Å²) in [5.74, 6) is -1.22. The van der Waals surface area contributed by atoms with Crippen molar-refractivity contribution in [2.24, 2.45) is 0 Å². The van der Waals surface area contributed by atoms with Crippen molar-refractivity contribution in [3.8, 4) is 0 Å². The number of benzene rings is 1. The molecule has 1 N–H and O–H groups in total. The molecule has 1 aromatic carbocycles. The van der Waals surface area contributed by atoms with Crippen molar-refractivity contribution in [2.45, 2.75) is 24.9 Å². The van der Waals surface area contributed by atoms with Crippen LogP contribution in [-0.4, -0.2) is 30.9 Å². The number of amides is 1. The first kappa shape index (κ1) is 13.0. The first-order valence-corrected chi connectivity index (χ1v) is 5.98. The fourth-order valence-electron chi connectivity index (χ4n) is 2.47. The molecule has 1 amide bonds. The second-order valence-electron chi connectivity index (χ2n) is 4.57. The molecular formula is C13H16F2N2O. The van der Waals surface area contributed by atoms with Crippen LogP contribution in [0.25, 0.3) is 0 Å². The van der Waals surface area contributed by atoms with Gasteiger partial charge in [0.25, 0.3) is 0 Å². The highest BCUT2D eigenvalue weighted by Crippen LogP contribution is 2.30. The van der Waals surface area contributed by atoms with Crippen LogP contribution in [-0.2, 0) is 4.79 Å². The lowest BCUT2D eigenvalue weighted by Gasteiger charge is -2.37. The Morgan fingerprint density at radius 3 is 2.56 bits per heavy atom. The highest BCUT2D eigenvalue weighted by atomic mass is 19.1. The molecule has 18 heavy (non-hydrogen) atoms. The van der Waals surface area contributed by atoms with Crippen molar-refractivity contribution in [2.75, 3.05) is 13.6 Å². The van der Waals surface area contributed by atoms with Crippen LogP contribution in [0.1, 0.15) is 24.4 Å². The molecule has 1 fully saturated rings. The molecule has 2 rings (SSSR count). The largest absolute Gasteiger partial charge is 0.338 e. The van der Waals surface area contributed by atoms with E-state index in [0.717, 1.165) is 18.9 Å². The van der Waals surface area contributed by atoms with E-state index in [2.05, 4.69) is 5.32 Å². The predicted molar refractivity (Wildman–Crippen MR) is 64.0 cm³/mol. The zero-order valence-electron chi connectivity index (χ0n) is 10.2. The average molecular weight is 254 g/mol. The first-order chi connectivity index (χ1) is 8.63. The predicted octanol–water partition coefficient (Wildman–Crippen LogP) is 1.85. The summed E-state index contributed by atoms with van der Waals surface area (Å²) in [6, 6.07) is 3.42. The fourth-order valence-corrected chi connectivity index (χ4v) is 2.47. The summed E-state index contributed by atoms with van der Waals surface area (Å²) >= 11 is 0. The van der Waals surface area contributed by atoms with Crippen LogP contribution in [0.15, 0.2) is 18.2 Å². The summed E-state index contributed by atoms with van der Waals surface area (Å²) in [5, 5.41) is 3.15. The fraction of sp³-hybridized carbons (Fsp3) is 0.462. The molecule has 2 unspecified atom stereocenters. The summed E-state index contributed by atoms with van der Waals surface area (Å²) < 4.78 is 26.5. The Balaban J connectivity index is 2.29. The number of nitrogens with zero attached hydrogens (tertiary/aromatic N) is 1. The number of carbonyl (C=O) groups is 1. The summed E-state index contributed by atoms with van der Waals surface area (Å²) in [5.41, 5.74) is 0.513. The molecule has 98 valence electrons. The van der Waals surface area contributed by atoms with Crippen LogP contribution in [0.4, 0.5) is 8.78 Å². The first-order valence-electron chi connectivity index (χ1n) is 5.98. The number of hydrogen-bond acceptors (Lipinski definition) is 2. The van der Waals surface area contributed by atoms with Gasteiger partial charge in [0.05, 0.1) is 6.04 Å². The number of hydrogen-bond donors (Lipinski definition) is 1. The quantitative estimate of drug-likeness (QED) is 0.835. The zero-order chi connectivity index (χ0) is 13.1. The van der Waals surface area contributed by atoms with Gasteiger partial charge in [0, 0.05) is 18.7 Å². The number of piperidine rings is 1. The summed E-state index contributed by atoms with van der Waals surface area (Å²) in [7, 11) is 1.85. The smallest absolute Gasteiger partial charge is 0.210 e. The van der Waals surface area contributed by atoms with Crippen molar-refractivity contribution in [3.05, 3.63) is 35.4 Å². The SMILES string of the molecule is CNC1CCN(C=O)C(c2cc(F)cc(F)c2)C1. The molecule has 0 bridgehead atoms. The van der Waals surface area contributed by atoms with Gasteiger partial charge in [-0.1, -0.05) is 0 Å². The van der Waals surface area contributed by atoms with Crippen molar-refractivity contribution in [3.63, 3.8) is 0 Å². The van der Waals surface area contributed by atoms with Gasteiger partial charge in [0.15, 0.2) is 0 Å². The van der Waals surface area contributed by atoms with Crippen LogP contribution >= 0.6 is 0 Å². The maximum atomic E-state index is 13.2. The minimum absolute atomic E-state index is 0.262. The Bertz CT molecular complexity index is 419. The number of rotatable bonds is 3. The van der Waals surface area contributed by atoms with Crippen LogP contribution in [0.2, 0.25) is 0 Å². The summed E-state index contributed by atoms with van der Waals surface area (Å²) in [6.07, 6.45) is 2.26. The minimum atomic E-state index is -0.609. The van der Waals surface area contributed by atoms with Crippen molar-refractivity contribution in [1.82, 2.24) is 10.2 Å². The normalized spacial score (nSPS) is 24.1. The molecule has 1 aromatic rings. The van der Waals surface area contributed by atoms with Gasteiger partial charge in [-0.05, 0) is 37.6 Å². The van der Waals surface area contributed by atoms with E-state index in [1.807, 2.05) is 7.05 Å². The highest BCUT2D eigenvalue weighted by Gasteiger charge is 2.28. The number of halogens is 2. The van der Waals surface area contributed by atoms with Gasteiger partial charge in [-0.15, -0.1) is 0 Å². The summed E-state index contributed by atoms with van der Waals surface area (Å²) in [6.45, 7) is 0.595. The van der Waals surface area contributed by atoms with Gasteiger partial charge in [-0.2, -0.15) is 0 Å². The standard InChI is InChI=1S/C13H16F2N2O/c1-16-12-2-3-17(8-18)13(7-12)9-4-10(14)6-11(15)5-9/h4-6,8,12-13,16H,2-3,7H2,1H3. The third-order valence-electron chi connectivity index (χ3n) is 3.46. The van der Waals surface area contributed by atoms with E-state index in [-0.39, 0.29) is 12.1 Å². The Labute approximate surface area is 105 Å². The lowest BCUT2D eigenvalue weighted by Crippen LogP contribution is -2.42. The van der Waals surface area contributed by atoms with Gasteiger partial charge in [-0.25, -0.2) is 8.78 Å². The van der Waals surface area contributed by atoms with Gasteiger partial charge in [-0.3, -0.25) is 4.79 Å². The van der Waals surface area contributed by atoms with Crippen molar-refractivity contribution < 1.29 is 13.6 Å². The van der Waals surface area contributed by atoms with Crippen LogP contribution < -0.4 is 5.32 Å². The van der Waals surface area contributed by atoms with E-state index in [1.54, 1.807) is 4.90 Å². The molecule has 0 aromatic heterocycles.